The van der Waals surface area contributed by atoms with E-state index in [9.17, 15) is 14.0 Å². The molecule has 0 atom stereocenters. The largest absolute Gasteiger partial charge is 0.338 e. The lowest BCUT2D eigenvalue weighted by Gasteiger charge is -2.32. The molecule has 2 amide bonds. The van der Waals surface area contributed by atoms with Gasteiger partial charge in [0.1, 0.15) is 17.5 Å². The minimum atomic E-state index is -0.381. The molecule has 1 aliphatic rings. The Labute approximate surface area is 259 Å². The van der Waals surface area contributed by atoms with E-state index in [1.54, 1.807) is 4.68 Å². The number of aryl methyl sites for hydroxylation is 4. The van der Waals surface area contributed by atoms with Crippen molar-refractivity contribution in [2.75, 3.05) is 31.1 Å². The second-order valence-corrected chi connectivity index (χ2v) is 11.5. The third-order valence-electron chi connectivity index (χ3n) is 8.15. The summed E-state index contributed by atoms with van der Waals surface area (Å²) in [5.74, 6) is 0.954. The summed E-state index contributed by atoms with van der Waals surface area (Å²) in [6.45, 7) is 10.1. The van der Waals surface area contributed by atoms with Crippen molar-refractivity contribution in [3.63, 3.8) is 0 Å². The monoisotopic (exact) mass is 596 g/mol. The lowest BCUT2D eigenvalue weighted by molar-refractivity contribution is -0.132. The van der Waals surface area contributed by atoms with Gasteiger partial charge in [-0.3, -0.25) is 14.5 Å². The molecule has 0 radical (unpaired) electrons. The first-order valence-corrected chi connectivity index (χ1v) is 15.4. The molecular formula is C35H41FN6O2. The molecule has 1 aromatic heterocycles. The van der Waals surface area contributed by atoms with Crippen LogP contribution in [0.25, 0.3) is 0 Å². The molecule has 0 fully saturated rings. The number of para-hydroxylation sites is 1. The molecule has 5 rings (SSSR count). The lowest BCUT2D eigenvalue weighted by atomic mass is 10.0. The zero-order valence-electron chi connectivity index (χ0n) is 25.9. The van der Waals surface area contributed by atoms with E-state index < -0.39 is 0 Å². The third-order valence-corrected chi connectivity index (χ3v) is 8.15. The van der Waals surface area contributed by atoms with Gasteiger partial charge in [0, 0.05) is 51.3 Å². The summed E-state index contributed by atoms with van der Waals surface area (Å²) in [6.07, 6.45) is 1.91. The highest BCUT2D eigenvalue weighted by Gasteiger charge is 2.25. The summed E-state index contributed by atoms with van der Waals surface area (Å²) < 4.78 is 15.5. The molecule has 230 valence electrons. The SMILES string of the molecule is Cc1nc(C)n(CCC(=O)N2CCCN(Cc3ccccc3)CCCN(C(=O)c3ccc(F)cc3)c3c(C)cccc3C2)n1. The Morgan fingerprint density at radius 2 is 1.57 bits per heavy atom. The number of nitrogens with zero attached hydrogens (tertiary/aromatic N) is 6. The van der Waals surface area contributed by atoms with E-state index in [2.05, 4.69) is 27.1 Å². The zero-order chi connectivity index (χ0) is 31.1. The summed E-state index contributed by atoms with van der Waals surface area (Å²) >= 11 is 0. The summed E-state index contributed by atoms with van der Waals surface area (Å²) in [5.41, 5.74) is 4.35. The fourth-order valence-corrected chi connectivity index (χ4v) is 5.98. The van der Waals surface area contributed by atoms with Crippen LogP contribution in [0.15, 0.2) is 72.8 Å². The van der Waals surface area contributed by atoms with E-state index >= 15 is 0 Å². The topological polar surface area (TPSA) is 74.6 Å². The van der Waals surface area contributed by atoms with Gasteiger partial charge in [-0.1, -0.05) is 48.5 Å². The van der Waals surface area contributed by atoms with Gasteiger partial charge in [-0.05, 0) is 74.6 Å². The molecule has 0 saturated heterocycles. The van der Waals surface area contributed by atoms with E-state index in [-0.39, 0.29) is 17.6 Å². The van der Waals surface area contributed by atoms with Gasteiger partial charge in [0.05, 0.1) is 12.2 Å². The maximum absolute atomic E-state index is 14.0. The van der Waals surface area contributed by atoms with Crippen LogP contribution in [0, 0.1) is 26.6 Å². The Hall–Kier alpha value is -4.37. The Balaban J connectivity index is 1.46. The fourth-order valence-electron chi connectivity index (χ4n) is 5.98. The minimum absolute atomic E-state index is 0.0353. The summed E-state index contributed by atoms with van der Waals surface area (Å²) in [7, 11) is 0. The van der Waals surface area contributed by atoms with E-state index in [0.717, 1.165) is 55.1 Å². The van der Waals surface area contributed by atoms with Crippen LogP contribution >= 0.6 is 0 Å². The van der Waals surface area contributed by atoms with Crippen molar-refractivity contribution in [2.45, 2.75) is 59.7 Å². The fraction of sp³-hybridized carbons (Fsp3) is 0.371. The molecule has 0 bridgehead atoms. The maximum atomic E-state index is 14.0. The van der Waals surface area contributed by atoms with Gasteiger partial charge in [-0.15, -0.1) is 0 Å². The number of carbonyl (C=O) groups excluding carboxylic acids is 2. The van der Waals surface area contributed by atoms with Gasteiger partial charge in [0.25, 0.3) is 5.91 Å². The number of aromatic nitrogens is 3. The molecule has 0 N–H and O–H groups in total. The summed E-state index contributed by atoms with van der Waals surface area (Å²) in [4.78, 5) is 38.3. The minimum Gasteiger partial charge on any atom is -0.338 e. The van der Waals surface area contributed by atoms with E-state index in [1.807, 2.05) is 67.0 Å². The first kappa shape index (κ1) is 31.1. The number of halogens is 1. The van der Waals surface area contributed by atoms with Crippen molar-refractivity contribution in [1.29, 1.82) is 0 Å². The summed E-state index contributed by atoms with van der Waals surface area (Å²) in [5, 5.41) is 4.43. The van der Waals surface area contributed by atoms with Gasteiger partial charge < -0.3 is 9.80 Å². The molecular weight excluding hydrogens is 555 g/mol. The van der Waals surface area contributed by atoms with Crippen molar-refractivity contribution in [2.24, 2.45) is 0 Å². The molecule has 8 nitrogen and oxygen atoms in total. The van der Waals surface area contributed by atoms with Crippen LogP contribution in [0.3, 0.4) is 0 Å². The van der Waals surface area contributed by atoms with Crippen molar-refractivity contribution >= 4 is 17.5 Å². The van der Waals surface area contributed by atoms with Crippen LogP contribution in [0.5, 0.6) is 0 Å². The highest BCUT2D eigenvalue weighted by molar-refractivity contribution is 6.07. The van der Waals surface area contributed by atoms with E-state index in [4.69, 9.17) is 0 Å². The standard InChI is InChI=1S/C35H41FN6O2/c1-26-10-7-13-31-25-40(33(43)18-23-42-28(3)37-27(2)38-42)21-8-19-39(24-29-11-5-4-6-12-29)20-9-22-41(34(26)31)35(44)30-14-16-32(36)17-15-30/h4-7,10-17H,8-9,18-25H2,1-3H3. The number of benzene rings is 3. The van der Waals surface area contributed by atoms with Crippen molar-refractivity contribution in [3.05, 3.63) is 113 Å². The molecule has 1 aliphatic heterocycles. The Kier molecular flexibility index (Phi) is 10.2. The number of hydrogen-bond acceptors (Lipinski definition) is 5. The van der Waals surface area contributed by atoms with Crippen LogP contribution in [-0.4, -0.2) is 62.6 Å². The molecule has 3 aromatic carbocycles. The number of rotatable bonds is 6. The van der Waals surface area contributed by atoms with E-state index in [0.29, 0.717) is 44.0 Å². The highest BCUT2D eigenvalue weighted by atomic mass is 19.1. The lowest BCUT2D eigenvalue weighted by Crippen LogP contribution is -2.39. The second kappa shape index (κ2) is 14.4. The smallest absolute Gasteiger partial charge is 0.258 e. The Morgan fingerprint density at radius 3 is 2.27 bits per heavy atom. The number of amides is 2. The van der Waals surface area contributed by atoms with Crippen LogP contribution in [-0.2, 0) is 24.4 Å². The first-order chi connectivity index (χ1) is 21.3. The molecule has 0 unspecified atom stereocenters. The van der Waals surface area contributed by atoms with Crippen molar-refractivity contribution in [3.8, 4) is 0 Å². The van der Waals surface area contributed by atoms with Crippen LogP contribution in [0.2, 0.25) is 0 Å². The average Bonchev–Trinajstić information content (AvgIpc) is 3.34. The molecule has 4 aromatic rings. The average molecular weight is 597 g/mol. The highest BCUT2D eigenvalue weighted by Crippen LogP contribution is 2.29. The Bertz CT molecular complexity index is 1570. The molecule has 2 heterocycles. The van der Waals surface area contributed by atoms with Gasteiger partial charge in [0.15, 0.2) is 0 Å². The predicted octanol–water partition coefficient (Wildman–Crippen LogP) is 5.70. The van der Waals surface area contributed by atoms with Gasteiger partial charge in [-0.25, -0.2) is 14.1 Å². The number of hydrogen-bond donors (Lipinski definition) is 0. The van der Waals surface area contributed by atoms with Gasteiger partial charge >= 0.3 is 0 Å². The Morgan fingerprint density at radius 1 is 0.841 bits per heavy atom. The van der Waals surface area contributed by atoms with Crippen molar-refractivity contribution in [1.82, 2.24) is 24.6 Å². The second-order valence-electron chi connectivity index (χ2n) is 11.5. The van der Waals surface area contributed by atoms with E-state index in [1.165, 1.54) is 29.8 Å². The third kappa shape index (κ3) is 7.77. The molecule has 0 aliphatic carbocycles. The zero-order valence-corrected chi connectivity index (χ0v) is 25.9. The van der Waals surface area contributed by atoms with Gasteiger partial charge in [0.2, 0.25) is 5.91 Å². The van der Waals surface area contributed by atoms with Crippen LogP contribution < -0.4 is 4.90 Å². The maximum Gasteiger partial charge on any atom is 0.258 e. The molecule has 0 spiro atoms. The van der Waals surface area contributed by atoms with Crippen LogP contribution in [0.4, 0.5) is 10.1 Å². The van der Waals surface area contributed by atoms with Crippen molar-refractivity contribution < 1.29 is 14.0 Å². The number of anilines is 1. The molecule has 44 heavy (non-hydrogen) atoms. The first-order valence-electron chi connectivity index (χ1n) is 15.4. The van der Waals surface area contributed by atoms with Crippen LogP contribution in [0.1, 0.15) is 58.0 Å². The van der Waals surface area contributed by atoms with Gasteiger partial charge in [-0.2, -0.15) is 5.10 Å². The molecule has 9 heteroatoms. The number of carbonyl (C=O) groups is 2. The predicted molar refractivity (Wildman–Crippen MR) is 170 cm³/mol. The summed E-state index contributed by atoms with van der Waals surface area (Å²) in [6, 6.07) is 22.1. The normalized spacial score (nSPS) is 14.9. The molecule has 0 saturated carbocycles. The number of fused-ring (bicyclic) bond motifs is 1. The quantitative estimate of drug-likeness (QED) is 0.285.